The van der Waals surface area contributed by atoms with Crippen LogP contribution in [0.1, 0.15) is 13.3 Å². The maximum atomic E-state index is 11.2. The lowest BCUT2D eigenvalue weighted by atomic mass is 10.5. The van der Waals surface area contributed by atoms with Gasteiger partial charge in [0.2, 0.25) is 5.88 Å². The Balaban J connectivity index is 2.36. The molecular weight excluding hydrogens is 196 g/mol. The molecule has 0 saturated carbocycles. The third kappa shape index (κ3) is 4.17. The van der Waals surface area contributed by atoms with Crippen LogP contribution in [0.3, 0.4) is 0 Å². The predicted octanol–water partition coefficient (Wildman–Crippen LogP) is 1.13. The van der Waals surface area contributed by atoms with Gasteiger partial charge in [0.1, 0.15) is 0 Å². The molecule has 1 rings (SSSR count). The van der Waals surface area contributed by atoms with Gasteiger partial charge in [-0.1, -0.05) is 6.92 Å². The summed E-state index contributed by atoms with van der Waals surface area (Å²) in [4.78, 5) is 15.1. The molecule has 0 aliphatic carbocycles. The van der Waals surface area contributed by atoms with Crippen molar-refractivity contribution in [3.8, 4) is 0 Å². The van der Waals surface area contributed by atoms with Crippen LogP contribution in [0.2, 0.25) is 0 Å². The predicted molar refractivity (Wildman–Crippen MR) is 57.6 cm³/mol. The van der Waals surface area contributed by atoms with Crippen LogP contribution in [-0.2, 0) is 0 Å². The number of hydrogen-bond acceptors (Lipinski definition) is 3. The number of carbonyl (C=O) groups is 1. The van der Waals surface area contributed by atoms with Crippen LogP contribution in [-0.4, -0.2) is 18.5 Å². The summed E-state index contributed by atoms with van der Waals surface area (Å²) in [7, 11) is 0. The first-order valence-corrected chi connectivity index (χ1v) is 4.63. The Hall–Kier alpha value is -1.98. The highest BCUT2D eigenvalue weighted by Crippen LogP contribution is 2.05. The van der Waals surface area contributed by atoms with Gasteiger partial charge in [-0.3, -0.25) is 15.6 Å². The molecule has 0 radical (unpaired) electrons. The minimum absolute atomic E-state index is 0.0981. The standard InChI is InChI=1S/C9H14N4O2/c1-2-5-11-8(10)13-9(14)12-7-4-3-6-15-7/h3-4,6H,2,5H2,1H3,(H4,10,11,12,13,14). The second-order valence-corrected chi connectivity index (χ2v) is 2.82. The van der Waals surface area contributed by atoms with E-state index in [1.807, 2.05) is 6.92 Å². The van der Waals surface area contributed by atoms with Crippen molar-refractivity contribution >= 4 is 17.9 Å². The van der Waals surface area contributed by atoms with E-state index < -0.39 is 6.03 Å². The van der Waals surface area contributed by atoms with Gasteiger partial charge in [-0.15, -0.1) is 0 Å². The van der Waals surface area contributed by atoms with E-state index in [0.29, 0.717) is 12.4 Å². The molecule has 0 spiro atoms. The van der Waals surface area contributed by atoms with Crippen LogP contribution in [0.4, 0.5) is 10.7 Å². The maximum Gasteiger partial charge on any atom is 0.328 e. The molecule has 6 nitrogen and oxygen atoms in total. The number of nitrogens with two attached hydrogens (primary N) is 1. The van der Waals surface area contributed by atoms with E-state index in [1.54, 1.807) is 12.1 Å². The van der Waals surface area contributed by atoms with Gasteiger partial charge in [0, 0.05) is 12.6 Å². The summed E-state index contributed by atoms with van der Waals surface area (Å²) < 4.78 is 4.91. The number of hydrogen-bond donors (Lipinski definition) is 3. The van der Waals surface area contributed by atoms with Crippen molar-refractivity contribution in [3.05, 3.63) is 18.4 Å². The second kappa shape index (κ2) is 5.69. The summed E-state index contributed by atoms with van der Waals surface area (Å²) in [5.74, 6) is 0.455. The highest BCUT2D eigenvalue weighted by molar-refractivity contribution is 6.01. The zero-order valence-electron chi connectivity index (χ0n) is 8.49. The van der Waals surface area contributed by atoms with Gasteiger partial charge in [-0.25, -0.2) is 4.79 Å². The number of furan rings is 1. The Morgan fingerprint density at radius 1 is 1.67 bits per heavy atom. The first-order chi connectivity index (χ1) is 7.22. The van der Waals surface area contributed by atoms with Gasteiger partial charge < -0.3 is 10.2 Å². The van der Waals surface area contributed by atoms with Crippen LogP contribution in [0.15, 0.2) is 27.8 Å². The van der Waals surface area contributed by atoms with Gasteiger partial charge in [0.25, 0.3) is 0 Å². The fourth-order valence-electron chi connectivity index (χ4n) is 0.881. The van der Waals surface area contributed by atoms with E-state index in [9.17, 15) is 4.79 Å². The first kappa shape index (κ1) is 11.1. The lowest BCUT2D eigenvalue weighted by Crippen LogP contribution is -2.39. The van der Waals surface area contributed by atoms with Gasteiger partial charge in [0.15, 0.2) is 5.96 Å². The van der Waals surface area contributed by atoms with Crippen molar-refractivity contribution in [1.82, 2.24) is 5.32 Å². The first-order valence-electron chi connectivity index (χ1n) is 4.63. The summed E-state index contributed by atoms with van der Waals surface area (Å²) in [6, 6.07) is 2.82. The van der Waals surface area contributed by atoms with E-state index >= 15 is 0 Å². The number of amides is 2. The van der Waals surface area contributed by atoms with Crippen molar-refractivity contribution < 1.29 is 9.21 Å². The lowest BCUT2D eigenvalue weighted by molar-refractivity contribution is 0.255. The Kier molecular flexibility index (Phi) is 4.21. The molecular formula is C9H14N4O2. The summed E-state index contributed by atoms with van der Waals surface area (Å²) in [5.41, 5.74) is 5.44. The summed E-state index contributed by atoms with van der Waals surface area (Å²) in [5, 5.41) is 4.82. The van der Waals surface area contributed by atoms with Crippen LogP contribution < -0.4 is 16.4 Å². The number of anilines is 1. The number of nitrogens with one attached hydrogen (secondary N) is 2. The molecule has 82 valence electrons. The number of urea groups is 1. The minimum atomic E-state index is -0.470. The average molecular weight is 210 g/mol. The molecule has 2 amide bonds. The van der Waals surface area contributed by atoms with Gasteiger partial charge >= 0.3 is 6.03 Å². The van der Waals surface area contributed by atoms with Crippen molar-refractivity contribution in [3.63, 3.8) is 0 Å². The summed E-state index contributed by atoms with van der Waals surface area (Å²) in [6.07, 6.45) is 2.34. The molecule has 6 heteroatoms. The van der Waals surface area contributed by atoms with E-state index in [4.69, 9.17) is 10.2 Å². The monoisotopic (exact) mass is 210 g/mol. The lowest BCUT2D eigenvalue weighted by Gasteiger charge is -2.03. The molecule has 0 aliphatic rings. The van der Waals surface area contributed by atoms with Crippen LogP contribution in [0.25, 0.3) is 0 Å². The number of carbonyl (C=O) groups excluding carboxylic acids is 1. The van der Waals surface area contributed by atoms with Crippen LogP contribution in [0.5, 0.6) is 0 Å². The molecule has 1 heterocycles. The number of guanidine groups is 1. The molecule has 0 aliphatic heterocycles. The Morgan fingerprint density at radius 2 is 2.47 bits per heavy atom. The quantitative estimate of drug-likeness (QED) is 0.515. The van der Waals surface area contributed by atoms with Crippen molar-refractivity contribution in [1.29, 1.82) is 0 Å². The van der Waals surface area contributed by atoms with E-state index in [2.05, 4.69) is 15.6 Å². The third-order valence-corrected chi connectivity index (χ3v) is 1.51. The molecule has 4 N–H and O–H groups in total. The Labute approximate surface area is 87.5 Å². The van der Waals surface area contributed by atoms with Crippen molar-refractivity contribution in [2.45, 2.75) is 13.3 Å². The Morgan fingerprint density at radius 3 is 3.07 bits per heavy atom. The maximum absolute atomic E-state index is 11.2. The zero-order chi connectivity index (χ0) is 11.1. The highest BCUT2D eigenvalue weighted by Gasteiger charge is 2.03. The normalized spacial score (nSPS) is 11.1. The largest absolute Gasteiger partial charge is 0.449 e. The highest BCUT2D eigenvalue weighted by atomic mass is 16.3. The van der Waals surface area contributed by atoms with Crippen LogP contribution in [0, 0.1) is 0 Å². The van der Waals surface area contributed by atoms with E-state index in [0.717, 1.165) is 6.42 Å². The topological polar surface area (TPSA) is 92.6 Å². The number of aliphatic imine (C=N–C) groups is 1. The van der Waals surface area contributed by atoms with Gasteiger partial charge in [0.05, 0.1) is 6.26 Å². The molecule has 0 fully saturated rings. The fourth-order valence-corrected chi connectivity index (χ4v) is 0.881. The van der Waals surface area contributed by atoms with Crippen molar-refractivity contribution in [2.75, 3.05) is 11.9 Å². The number of rotatable bonds is 3. The second-order valence-electron chi connectivity index (χ2n) is 2.82. The molecule has 0 bridgehead atoms. The smallest absolute Gasteiger partial charge is 0.328 e. The molecule has 0 saturated heterocycles. The average Bonchev–Trinajstić information content (AvgIpc) is 2.67. The SMILES string of the molecule is CCCN=C(N)NC(=O)Nc1ccco1. The fraction of sp³-hybridized carbons (Fsp3) is 0.333. The molecule has 0 atom stereocenters. The van der Waals surface area contributed by atoms with Gasteiger partial charge in [-0.05, 0) is 12.5 Å². The molecule has 15 heavy (non-hydrogen) atoms. The Bertz CT molecular complexity index is 332. The van der Waals surface area contributed by atoms with E-state index in [1.165, 1.54) is 6.26 Å². The van der Waals surface area contributed by atoms with Crippen molar-refractivity contribution in [2.24, 2.45) is 10.7 Å². The third-order valence-electron chi connectivity index (χ3n) is 1.51. The molecule has 1 aromatic rings. The minimum Gasteiger partial charge on any atom is -0.449 e. The van der Waals surface area contributed by atoms with E-state index in [-0.39, 0.29) is 5.96 Å². The van der Waals surface area contributed by atoms with Gasteiger partial charge in [-0.2, -0.15) is 0 Å². The summed E-state index contributed by atoms with van der Waals surface area (Å²) >= 11 is 0. The molecule has 1 aromatic heterocycles. The van der Waals surface area contributed by atoms with Crippen LogP contribution >= 0.6 is 0 Å². The number of nitrogens with zero attached hydrogens (tertiary/aromatic N) is 1. The summed E-state index contributed by atoms with van der Waals surface area (Å²) in [6.45, 7) is 2.56. The zero-order valence-corrected chi connectivity index (χ0v) is 8.49. The molecule has 0 aromatic carbocycles. The molecule has 0 unspecified atom stereocenters.